The lowest BCUT2D eigenvalue weighted by molar-refractivity contribution is 0.0505. The average molecular weight is 564 g/mol. The number of rotatable bonds is 7. The molecule has 5 nitrogen and oxygen atoms in total. The maximum atomic E-state index is 6.34. The zero-order valence-electron chi connectivity index (χ0n) is 17.7. The fourth-order valence-electron chi connectivity index (χ4n) is 3.79. The number of benzene rings is 1. The number of thiophene rings is 1. The summed E-state index contributed by atoms with van der Waals surface area (Å²) in [4.78, 5) is 5.79. The van der Waals surface area contributed by atoms with Crippen LogP contribution >= 0.6 is 46.9 Å². The Balaban J connectivity index is 0.00000320. The zero-order chi connectivity index (χ0) is 20.7. The lowest BCUT2D eigenvalue weighted by Gasteiger charge is -2.39. The predicted molar refractivity (Wildman–Crippen MR) is 137 cm³/mol. The third-order valence-corrected chi connectivity index (χ3v) is 6.94. The summed E-state index contributed by atoms with van der Waals surface area (Å²) < 4.78 is 11.3. The van der Waals surface area contributed by atoms with Crippen LogP contribution in [0.4, 0.5) is 0 Å². The molecule has 8 heteroatoms. The van der Waals surface area contributed by atoms with E-state index in [-0.39, 0.29) is 29.4 Å². The number of halogens is 2. The molecule has 3 rings (SSSR count). The van der Waals surface area contributed by atoms with Crippen LogP contribution in [0.1, 0.15) is 36.1 Å². The molecule has 0 amide bonds. The third-order valence-electron chi connectivity index (χ3n) is 5.61. The molecule has 0 radical (unpaired) electrons. The van der Waals surface area contributed by atoms with Crippen LogP contribution in [0.25, 0.3) is 0 Å². The zero-order valence-corrected chi connectivity index (χ0v) is 21.6. The van der Waals surface area contributed by atoms with Crippen molar-refractivity contribution in [2.75, 3.05) is 40.5 Å². The van der Waals surface area contributed by atoms with Gasteiger partial charge in [0, 0.05) is 60.1 Å². The Morgan fingerprint density at radius 1 is 1.30 bits per heavy atom. The fraction of sp³-hybridized carbons (Fsp3) is 0.500. The Labute approximate surface area is 205 Å². The highest BCUT2D eigenvalue weighted by Gasteiger charge is 2.37. The maximum absolute atomic E-state index is 6.34. The van der Waals surface area contributed by atoms with Crippen molar-refractivity contribution in [3.63, 3.8) is 0 Å². The van der Waals surface area contributed by atoms with Crippen molar-refractivity contribution in [3.8, 4) is 5.75 Å². The Hall–Kier alpha value is -1.03. The van der Waals surface area contributed by atoms with Gasteiger partial charge in [-0.05, 0) is 42.5 Å². The highest BCUT2D eigenvalue weighted by molar-refractivity contribution is 14.0. The quantitative estimate of drug-likeness (QED) is 0.281. The highest BCUT2D eigenvalue weighted by Crippen LogP contribution is 2.40. The van der Waals surface area contributed by atoms with E-state index in [9.17, 15) is 0 Å². The molecule has 0 bridgehead atoms. The van der Waals surface area contributed by atoms with Gasteiger partial charge in [0.2, 0.25) is 0 Å². The van der Waals surface area contributed by atoms with Gasteiger partial charge in [-0.1, -0.05) is 24.6 Å². The molecule has 2 N–H and O–H groups in total. The number of nitrogens with one attached hydrogen (secondary N) is 2. The molecule has 1 aliphatic rings. The van der Waals surface area contributed by atoms with E-state index >= 15 is 0 Å². The van der Waals surface area contributed by atoms with Gasteiger partial charge >= 0.3 is 0 Å². The fourth-order valence-corrected chi connectivity index (χ4v) is 4.75. The second-order valence-electron chi connectivity index (χ2n) is 7.46. The number of methoxy groups -OCH3 is 1. The van der Waals surface area contributed by atoms with Crippen molar-refractivity contribution in [1.82, 2.24) is 10.6 Å². The minimum Gasteiger partial charge on any atom is -0.496 e. The summed E-state index contributed by atoms with van der Waals surface area (Å²) >= 11 is 8.12. The van der Waals surface area contributed by atoms with Crippen LogP contribution in [0, 0.1) is 0 Å². The summed E-state index contributed by atoms with van der Waals surface area (Å²) in [5.41, 5.74) is 1.01. The largest absolute Gasteiger partial charge is 0.496 e. The van der Waals surface area contributed by atoms with Gasteiger partial charge in [0.15, 0.2) is 5.96 Å². The van der Waals surface area contributed by atoms with Crippen LogP contribution in [0.2, 0.25) is 5.02 Å². The molecule has 30 heavy (non-hydrogen) atoms. The minimum absolute atomic E-state index is 0. The molecule has 1 atom stereocenters. The molecule has 0 saturated carbocycles. The van der Waals surface area contributed by atoms with Crippen LogP contribution in [-0.2, 0) is 10.2 Å². The Bertz CT molecular complexity index is 811. The first-order valence-corrected chi connectivity index (χ1v) is 11.2. The van der Waals surface area contributed by atoms with Crippen molar-refractivity contribution < 1.29 is 9.47 Å². The van der Waals surface area contributed by atoms with Gasteiger partial charge in [-0.3, -0.25) is 4.99 Å². The topological polar surface area (TPSA) is 54.9 Å². The van der Waals surface area contributed by atoms with E-state index in [1.807, 2.05) is 25.2 Å². The van der Waals surface area contributed by atoms with Gasteiger partial charge in [0.05, 0.1) is 7.11 Å². The summed E-state index contributed by atoms with van der Waals surface area (Å²) in [5, 5.41) is 9.84. The first-order chi connectivity index (χ1) is 14.1. The number of nitrogens with zero attached hydrogens (tertiary/aromatic N) is 1. The van der Waals surface area contributed by atoms with Crippen LogP contribution in [0.15, 0.2) is 40.7 Å². The number of guanidine groups is 1. The molecule has 0 aliphatic carbocycles. The van der Waals surface area contributed by atoms with E-state index in [0.29, 0.717) is 5.92 Å². The molecule has 2 aromatic rings. The number of aliphatic imine (C=N–C) groups is 1. The summed E-state index contributed by atoms with van der Waals surface area (Å²) in [6.07, 6.45) is 1.80. The second kappa shape index (κ2) is 12.1. The highest BCUT2D eigenvalue weighted by atomic mass is 127. The predicted octanol–water partition coefficient (Wildman–Crippen LogP) is 5.05. The molecule has 0 spiro atoms. The summed E-state index contributed by atoms with van der Waals surface area (Å²) in [5.74, 6) is 2.10. The Kier molecular flexibility index (Phi) is 10.2. The number of hydrogen-bond donors (Lipinski definition) is 2. The van der Waals surface area contributed by atoms with E-state index in [1.165, 1.54) is 4.88 Å². The first-order valence-electron chi connectivity index (χ1n) is 9.97. The molecular formula is C22H31ClIN3O2S. The lowest BCUT2D eigenvalue weighted by atomic mass is 9.73. The van der Waals surface area contributed by atoms with Gasteiger partial charge in [-0.2, -0.15) is 0 Å². The third kappa shape index (κ3) is 6.24. The number of hydrogen-bond acceptors (Lipinski definition) is 4. The molecule has 1 unspecified atom stereocenters. The Morgan fingerprint density at radius 3 is 2.70 bits per heavy atom. The van der Waals surface area contributed by atoms with Crippen molar-refractivity contribution in [2.24, 2.45) is 4.99 Å². The monoisotopic (exact) mass is 563 g/mol. The lowest BCUT2D eigenvalue weighted by Crippen LogP contribution is -2.48. The summed E-state index contributed by atoms with van der Waals surface area (Å²) in [6, 6.07) is 10.1. The van der Waals surface area contributed by atoms with Gasteiger partial charge in [0.1, 0.15) is 5.75 Å². The van der Waals surface area contributed by atoms with E-state index in [1.54, 1.807) is 18.4 Å². The smallest absolute Gasteiger partial charge is 0.191 e. The van der Waals surface area contributed by atoms with E-state index in [0.717, 1.165) is 61.4 Å². The standard InChI is InChI=1S/C22H30ClN3O2S.HI/c1-16(20-5-4-12-29-20)14-25-21(24-2)26-15-22(8-10-28-11-9-22)18-13-17(23)6-7-19(18)27-3;/h4-7,12-13,16H,8-11,14-15H2,1-3H3,(H2,24,25,26);1H. The molecule has 1 saturated heterocycles. The molecule has 1 aromatic heterocycles. The first kappa shape index (κ1) is 25.2. The maximum Gasteiger partial charge on any atom is 0.191 e. The van der Waals surface area contributed by atoms with Crippen LogP contribution in [0.5, 0.6) is 5.75 Å². The van der Waals surface area contributed by atoms with Crippen LogP contribution in [-0.4, -0.2) is 46.4 Å². The Morgan fingerprint density at radius 2 is 2.07 bits per heavy atom. The van der Waals surface area contributed by atoms with Crippen molar-refractivity contribution in [2.45, 2.75) is 31.1 Å². The van der Waals surface area contributed by atoms with Gasteiger partial charge < -0.3 is 20.1 Å². The van der Waals surface area contributed by atoms with Crippen molar-refractivity contribution in [1.29, 1.82) is 0 Å². The molecule has 1 aliphatic heterocycles. The van der Waals surface area contributed by atoms with Gasteiger partial charge in [0.25, 0.3) is 0 Å². The number of ether oxygens (including phenoxy) is 2. The SMILES string of the molecule is CN=C(NCC(C)c1cccs1)NCC1(c2cc(Cl)ccc2OC)CCOCC1.I. The van der Waals surface area contributed by atoms with Gasteiger partial charge in [-0.15, -0.1) is 35.3 Å². The van der Waals surface area contributed by atoms with E-state index in [2.05, 4.69) is 40.1 Å². The molecule has 1 aromatic carbocycles. The second-order valence-corrected chi connectivity index (χ2v) is 8.88. The van der Waals surface area contributed by atoms with Gasteiger partial charge in [-0.25, -0.2) is 0 Å². The summed E-state index contributed by atoms with van der Waals surface area (Å²) in [6.45, 7) is 5.23. The van der Waals surface area contributed by atoms with E-state index in [4.69, 9.17) is 21.1 Å². The minimum atomic E-state index is -0.120. The molecule has 166 valence electrons. The summed E-state index contributed by atoms with van der Waals surface area (Å²) in [7, 11) is 3.52. The average Bonchev–Trinajstić information content (AvgIpc) is 3.29. The van der Waals surface area contributed by atoms with Crippen LogP contribution in [0.3, 0.4) is 0 Å². The van der Waals surface area contributed by atoms with Crippen molar-refractivity contribution >= 4 is 52.9 Å². The van der Waals surface area contributed by atoms with E-state index < -0.39 is 0 Å². The molecular weight excluding hydrogens is 533 g/mol. The molecule has 1 fully saturated rings. The molecule has 2 heterocycles. The normalized spacial score (nSPS) is 17.0. The van der Waals surface area contributed by atoms with Crippen LogP contribution < -0.4 is 15.4 Å². The van der Waals surface area contributed by atoms with Crippen molar-refractivity contribution in [3.05, 3.63) is 51.2 Å².